The molecule has 0 radical (unpaired) electrons. The molecule has 3 aromatic heterocycles. The van der Waals surface area contributed by atoms with Gasteiger partial charge in [-0.25, -0.2) is 4.98 Å². The number of nitrogens with zero attached hydrogens (tertiary/aromatic N) is 2. The summed E-state index contributed by atoms with van der Waals surface area (Å²) in [7, 11) is 1.63. The smallest absolute Gasteiger partial charge is 0.313 e. The Morgan fingerprint density at radius 2 is 2.06 bits per heavy atom. The van der Waals surface area contributed by atoms with Gasteiger partial charge in [0.2, 0.25) is 5.89 Å². The van der Waals surface area contributed by atoms with Gasteiger partial charge in [0.05, 0.1) is 29.0 Å². The zero-order valence-corrected chi connectivity index (χ0v) is 19.2. The fourth-order valence-corrected chi connectivity index (χ4v) is 5.04. The van der Waals surface area contributed by atoms with Crippen LogP contribution in [0.2, 0.25) is 0 Å². The number of aliphatic carboxylic acids is 1. The number of hydrogen-bond acceptors (Lipinski definition) is 6. The second-order valence-corrected chi connectivity index (χ2v) is 9.13. The lowest BCUT2D eigenvalue weighted by Crippen LogP contribution is -2.35. The van der Waals surface area contributed by atoms with Crippen molar-refractivity contribution in [1.82, 2.24) is 9.55 Å². The number of hydrogen-bond donors (Lipinski definition) is 1. The Labute approximate surface area is 188 Å². The number of ether oxygens (including phenoxy) is 1. The molecule has 0 aliphatic heterocycles. The molecule has 0 bridgehead atoms. The van der Waals surface area contributed by atoms with E-state index in [1.54, 1.807) is 33.4 Å². The summed E-state index contributed by atoms with van der Waals surface area (Å²) in [5.74, 6) is 0.183. The highest BCUT2D eigenvalue weighted by atomic mass is 32.1. The Balaban J connectivity index is 1.92. The quantitative estimate of drug-likeness (QED) is 0.439. The molecule has 1 N–H and O–H groups in total. The second-order valence-electron chi connectivity index (χ2n) is 8.13. The summed E-state index contributed by atoms with van der Waals surface area (Å²) in [6, 6.07) is 7.77. The molecule has 8 heteroatoms. The molecule has 166 valence electrons. The van der Waals surface area contributed by atoms with Gasteiger partial charge in [0, 0.05) is 18.3 Å². The predicted octanol–water partition coefficient (Wildman–Crippen LogP) is 4.64. The Hall–Kier alpha value is -3.39. The summed E-state index contributed by atoms with van der Waals surface area (Å²) in [6.45, 7) is 5.50. The van der Waals surface area contributed by atoms with Gasteiger partial charge in [0.1, 0.15) is 16.8 Å². The number of para-hydroxylation sites is 1. The van der Waals surface area contributed by atoms with Gasteiger partial charge in [-0.2, -0.15) is 0 Å². The van der Waals surface area contributed by atoms with Crippen molar-refractivity contribution >= 4 is 27.5 Å². The van der Waals surface area contributed by atoms with Crippen molar-refractivity contribution in [2.24, 2.45) is 0 Å². The molecule has 0 atom stereocenters. The minimum atomic E-state index is -1.34. The molecule has 0 amide bonds. The number of methoxy groups -OCH3 is 1. The highest BCUT2D eigenvalue weighted by Gasteiger charge is 2.34. The van der Waals surface area contributed by atoms with E-state index in [4.69, 9.17) is 9.15 Å². The van der Waals surface area contributed by atoms with E-state index in [0.717, 1.165) is 26.6 Å². The summed E-state index contributed by atoms with van der Waals surface area (Å²) in [6.07, 6.45) is 5.39. The molecule has 32 heavy (non-hydrogen) atoms. The molecular formula is C24H24N2O5S. The SMILES string of the molecule is COc1ccccc1CCn1cc(C(C)(C)C(=O)O)c(=O)c2c(C)c(-c3ncco3)sc21. The van der Waals surface area contributed by atoms with Crippen LogP contribution < -0.4 is 10.2 Å². The van der Waals surface area contributed by atoms with E-state index in [1.165, 1.54) is 17.6 Å². The maximum Gasteiger partial charge on any atom is 0.313 e. The number of thiophene rings is 1. The Kier molecular flexibility index (Phi) is 5.64. The number of aryl methyl sites for hydroxylation is 3. The molecule has 3 heterocycles. The van der Waals surface area contributed by atoms with E-state index in [1.807, 2.05) is 35.8 Å². The number of aromatic nitrogens is 2. The van der Waals surface area contributed by atoms with Crippen molar-refractivity contribution in [2.45, 2.75) is 39.2 Å². The second kappa shape index (κ2) is 8.27. The highest BCUT2D eigenvalue weighted by Crippen LogP contribution is 2.37. The Morgan fingerprint density at radius 3 is 2.72 bits per heavy atom. The Morgan fingerprint density at radius 1 is 1.31 bits per heavy atom. The van der Waals surface area contributed by atoms with Crippen LogP contribution in [0.3, 0.4) is 0 Å². The van der Waals surface area contributed by atoms with Crippen LogP contribution in [0.25, 0.3) is 21.0 Å². The zero-order valence-electron chi connectivity index (χ0n) is 18.3. The van der Waals surface area contributed by atoms with E-state index < -0.39 is 11.4 Å². The molecular weight excluding hydrogens is 428 g/mol. The average Bonchev–Trinajstić information content (AvgIpc) is 3.41. The monoisotopic (exact) mass is 452 g/mol. The minimum Gasteiger partial charge on any atom is -0.496 e. The van der Waals surface area contributed by atoms with Crippen molar-refractivity contribution in [3.63, 3.8) is 0 Å². The first-order valence-corrected chi connectivity index (χ1v) is 11.0. The lowest BCUT2D eigenvalue weighted by molar-refractivity contribution is -0.142. The summed E-state index contributed by atoms with van der Waals surface area (Å²) in [5.41, 5.74) is 0.410. The molecule has 0 saturated heterocycles. The number of oxazole rings is 1. The third-order valence-electron chi connectivity index (χ3n) is 5.79. The van der Waals surface area contributed by atoms with E-state index in [-0.39, 0.29) is 11.0 Å². The van der Waals surface area contributed by atoms with Crippen LogP contribution in [-0.2, 0) is 23.2 Å². The number of pyridine rings is 1. The molecule has 0 spiro atoms. The van der Waals surface area contributed by atoms with E-state index in [0.29, 0.717) is 24.2 Å². The molecule has 0 saturated carbocycles. The molecule has 0 fully saturated rings. The van der Waals surface area contributed by atoms with E-state index in [2.05, 4.69) is 4.98 Å². The zero-order chi connectivity index (χ0) is 23.0. The van der Waals surface area contributed by atoms with Crippen LogP contribution in [-0.4, -0.2) is 27.7 Å². The molecule has 7 nitrogen and oxygen atoms in total. The van der Waals surface area contributed by atoms with Crippen molar-refractivity contribution in [2.75, 3.05) is 7.11 Å². The predicted molar refractivity (Wildman–Crippen MR) is 124 cm³/mol. The summed E-state index contributed by atoms with van der Waals surface area (Å²) < 4.78 is 12.9. The summed E-state index contributed by atoms with van der Waals surface area (Å²) >= 11 is 1.42. The maximum atomic E-state index is 13.5. The van der Waals surface area contributed by atoms with Crippen LogP contribution in [0.5, 0.6) is 5.75 Å². The standard InChI is InChI=1S/C24H24N2O5S/c1-14-18-19(27)16(24(2,3)23(28)29)13-26(11-9-15-7-5-6-8-17(15)30-4)22(18)32-20(14)21-25-10-12-31-21/h5-8,10,12-13H,9,11H2,1-4H3,(H,28,29). The Bertz CT molecular complexity index is 1350. The van der Waals surface area contributed by atoms with Gasteiger partial charge in [-0.05, 0) is 44.4 Å². The minimum absolute atomic E-state index is 0.248. The molecule has 1 aromatic carbocycles. The molecule has 0 aliphatic rings. The third-order valence-corrected chi connectivity index (χ3v) is 7.11. The fraction of sp³-hybridized carbons (Fsp3) is 0.292. The van der Waals surface area contributed by atoms with Crippen molar-refractivity contribution < 1.29 is 19.1 Å². The first-order chi connectivity index (χ1) is 15.3. The van der Waals surface area contributed by atoms with Crippen molar-refractivity contribution in [3.8, 4) is 16.5 Å². The number of carbonyl (C=O) groups is 1. The molecule has 0 unspecified atom stereocenters. The third kappa shape index (κ3) is 3.60. The van der Waals surface area contributed by atoms with E-state index >= 15 is 0 Å². The van der Waals surface area contributed by atoms with Crippen LogP contribution in [0.4, 0.5) is 0 Å². The van der Waals surface area contributed by atoms with Crippen LogP contribution >= 0.6 is 11.3 Å². The highest BCUT2D eigenvalue weighted by molar-refractivity contribution is 7.22. The summed E-state index contributed by atoms with van der Waals surface area (Å²) in [4.78, 5) is 31.2. The van der Waals surface area contributed by atoms with Crippen molar-refractivity contribution in [1.29, 1.82) is 0 Å². The maximum absolute atomic E-state index is 13.5. The van der Waals surface area contributed by atoms with Gasteiger partial charge in [0.15, 0.2) is 5.43 Å². The largest absolute Gasteiger partial charge is 0.496 e. The normalized spacial score (nSPS) is 11.8. The van der Waals surface area contributed by atoms with Crippen LogP contribution in [0.15, 0.2) is 52.1 Å². The first kappa shape index (κ1) is 21.8. The van der Waals surface area contributed by atoms with E-state index in [9.17, 15) is 14.7 Å². The number of benzene rings is 1. The molecule has 0 aliphatic carbocycles. The van der Waals surface area contributed by atoms with Gasteiger partial charge >= 0.3 is 5.97 Å². The van der Waals surface area contributed by atoms with Gasteiger partial charge in [-0.1, -0.05) is 18.2 Å². The molecule has 4 aromatic rings. The molecule has 4 rings (SSSR count). The number of rotatable bonds is 7. The number of fused-ring (bicyclic) bond motifs is 1. The van der Waals surface area contributed by atoms with Gasteiger partial charge in [0.25, 0.3) is 0 Å². The van der Waals surface area contributed by atoms with Gasteiger partial charge < -0.3 is 18.8 Å². The fourth-order valence-electron chi connectivity index (χ4n) is 3.79. The van der Waals surface area contributed by atoms with Crippen LogP contribution in [0.1, 0.15) is 30.5 Å². The topological polar surface area (TPSA) is 94.6 Å². The van der Waals surface area contributed by atoms with Gasteiger partial charge in [-0.3, -0.25) is 9.59 Å². The average molecular weight is 453 g/mol. The van der Waals surface area contributed by atoms with Crippen molar-refractivity contribution in [3.05, 3.63) is 69.8 Å². The van der Waals surface area contributed by atoms with Crippen LogP contribution in [0, 0.1) is 6.92 Å². The first-order valence-electron chi connectivity index (χ1n) is 10.2. The van der Waals surface area contributed by atoms with Gasteiger partial charge in [-0.15, -0.1) is 11.3 Å². The number of carboxylic acids is 1. The lowest BCUT2D eigenvalue weighted by atomic mass is 9.85. The number of carboxylic acid groups (broad SMARTS) is 1. The lowest BCUT2D eigenvalue weighted by Gasteiger charge is -2.21. The summed E-state index contributed by atoms with van der Waals surface area (Å²) in [5, 5.41) is 10.3.